The maximum Gasteiger partial charge on any atom is 0.337 e. The quantitative estimate of drug-likeness (QED) is 0.888. The van der Waals surface area contributed by atoms with Crippen molar-refractivity contribution in [2.75, 3.05) is 12.4 Å². The van der Waals surface area contributed by atoms with Crippen molar-refractivity contribution >= 4 is 17.6 Å². The van der Waals surface area contributed by atoms with Crippen molar-refractivity contribution in [1.29, 1.82) is 0 Å². The van der Waals surface area contributed by atoms with E-state index in [0.29, 0.717) is 22.7 Å². The molecule has 0 bridgehead atoms. The van der Waals surface area contributed by atoms with Crippen LogP contribution in [0.25, 0.3) is 0 Å². The maximum absolute atomic E-state index is 12.3. The number of carboxylic acid groups (broad SMARTS) is 1. The van der Waals surface area contributed by atoms with Gasteiger partial charge >= 0.3 is 5.97 Å². The van der Waals surface area contributed by atoms with E-state index in [9.17, 15) is 14.7 Å². The number of carbonyl (C=O) groups excluding carboxylic acids is 1. The molecule has 0 spiro atoms. The van der Waals surface area contributed by atoms with Gasteiger partial charge in [0.15, 0.2) is 0 Å². The summed E-state index contributed by atoms with van der Waals surface area (Å²) in [5.74, 6) is -0.762. The normalized spacial score (nSPS) is 10.4. The van der Waals surface area contributed by atoms with Crippen LogP contribution in [-0.2, 0) is 18.3 Å². The summed E-state index contributed by atoms with van der Waals surface area (Å²) in [5.41, 5.74) is 2.84. The average Bonchev–Trinajstić information content (AvgIpc) is 2.73. The second-order valence-electron chi connectivity index (χ2n) is 5.48. The molecule has 0 fully saturated rings. The minimum absolute atomic E-state index is 0.0247. The fourth-order valence-electron chi connectivity index (χ4n) is 2.61. The lowest BCUT2D eigenvalue weighted by molar-refractivity contribution is -0.115. The van der Waals surface area contributed by atoms with Crippen LogP contribution in [0.1, 0.15) is 27.2 Å². The zero-order chi connectivity index (χ0) is 17.1. The lowest BCUT2D eigenvalue weighted by Gasteiger charge is -2.12. The molecule has 0 aliphatic carbocycles. The highest BCUT2D eigenvalue weighted by Gasteiger charge is 2.20. The molecular weight excluding hydrogens is 296 g/mol. The zero-order valence-electron chi connectivity index (χ0n) is 13.6. The van der Waals surface area contributed by atoms with Crippen molar-refractivity contribution in [3.8, 4) is 5.75 Å². The van der Waals surface area contributed by atoms with Gasteiger partial charge in [-0.1, -0.05) is 6.07 Å². The molecule has 6 heteroatoms. The Bertz CT molecular complexity index is 762. The van der Waals surface area contributed by atoms with Gasteiger partial charge in [0.05, 0.1) is 24.8 Å². The predicted octanol–water partition coefficient (Wildman–Crippen LogP) is 2.53. The van der Waals surface area contributed by atoms with Crippen molar-refractivity contribution in [1.82, 2.24) is 4.57 Å². The van der Waals surface area contributed by atoms with Gasteiger partial charge < -0.3 is 19.7 Å². The van der Waals surface area contributed by atoms with Crippen LogP contribution in [0.15, 0.2) is 24.4 Å². The number of amides is 1. The van der Waals surface area contributed by atoms with E-state index in [2.05, 4.69) is 5.32 Å². The number of ether oxygens (including phenoxy) is 1. The molecule has 2 rings (SSSR count). The van der Waals surface area contributed by atoms with Crippen molar-refractivity contribution in [2.45, 2.75) is 20.3 Å². The SMILES string of the molecule is COc1ccc(C)cc1NC(=O)Cc1c(C(=O)O)c(C)cn1C. The number of nitrogens with one attached hydrogen (secondary N) is 1. The van der Waals surface area contributed by atoms with Crippen molar-refractivity contribution < 1.29 is 19.4 Å². The smallest absolute Gasteiger partial charge is 0.337 e. The van der Waals surface area contributed by atoms with Crippen LogP contribution < -0.4 is 10.1 Å². The second kappa shape index (κ2) is 6.56. The number of hydrogen-bond donors (Lipinski definition) is 2. The summed E-state index contributed by atoms with van der Waals surface area (Å²) < 4.78 is 6.90. The largest absolute Gasteiger partial charge is 0.495 e. The van der Waals surface area contributed by atoms with E-state index >= 15 is 0 Å². The van der Waals surface area contributed by atoms with Gasteiger partial charge in [-0.05, 0) is 37.1 Å². The molecule has 1 aromatic carbocycles. The number of benzene rings is 1. The molecule has 0 saturated heterocycles. The fraction of sp³-hybridized carbons (Fsp3) is 0.294. The molecule has 122 valence electrons. The lowest BCUT2D eigenvalue weighted by Crippen LogP contribution is -2.18. The molecule has 6 nitrogen and oxygen atoms in total. The third-order valence-corrected chi connectivity index (χ3v) is 3.67. The predicted molar refractivity (Wildman–Crippen MR) is 87.2 cm³/mol. The summed E-state index contributed by atoms with van der Waals surface area (Å²) in [6.45, 7) is 3.63. The first kappa shape index (κ1) is 16.6. The van der Waals surface area contributed by atoms with E-state index < -0.39 is 5.97 Å². The van der Waals surface area contributed by atoms with E-state index in [1.165, 1.54) is 7.11 Å². The summed E-state index contributed by atoms with van der Waals surface area (Å²) in [6, 6.07) is 5.48. The fourth-order valence-corrected chi connectivity index (χ4v) is 2.61. The van der Waals surface area contributed by atoms with Gasteiger partial charge in [-0.25, -0.2) is 4.79 Å². The van der Waals surface area contributed by atoms with Crippen LogP contribution in [0.4, 0.5) is 5.69 Å². The van der Waals surface area contributed by atoms with Gasteiger partial charge in [0.25, 0.3) is 0 Å². The molecule has 0 aliphatic heterocycles. The Morgan fingerprint density at radius 2 is 2.00 bits per heavy atom. The van der Waals surface area contributed by atoms with E-state index in [1.54, 1.807) is 30.8 Å². The number of hydrogen-bond acceptors (Lipinski definition) is 3. The minimum atomic E-state index is -1.03. The summed E-state index contributed by atoms with van der Waals surface area (Å²) in [5, 5.41) is 12.1. The summed E-state index contributed by atoms with van der Waals surface area (Å²) in [7, 11) is 3.26. The van der Waals surface area contributed by atoms with Gasteiger partial charge in [0.2, 0.25) is 5.91 Å². The number of aromatic carboxylic acids is 1. The Labute approximate surface area is 134 Å². The first-order valence-corrected chi connectivity index (χ1v) is 7.16. The first-order chi connectivity index (χ1) is 10.8. The molecule has 1 amide bonds. The number of carboxylic acids is 1. The molecule has 23 heavy (non-hydrogen) atoms. The van der Waals surface area contributed by atoms with Gasteiger partial charge in [-0.15, -0.1) is 0 Å². The summed E-state index contributed by atoms with van der Waals surface area (Å²) in [6.07, 6.45) is 1.68. The number of anilines is 1. The monoisotopic (exact) mass is 316 g/mol. The van der Waals surface area contributed by atoms with Crippen LogP contribution >= 0.6 is 0 Å². The second-order valence-corrected chi connectivity index (χ2v) is 5.48. The molecule has 0 radical (unpaired) electrons. The highest BCUT2D eigenvalue weighted by atomic mass is 16.5. The number of nitrogens with zero attached hydrogens (tertiary/aromatic N) is 1. The van der Waals surface area contributed by atoms with Crippen LogP contribution in [0.5, 0.6) is 5.75 Å². The number of carbonyl (C=O) groups is 2. The Morgan fingerprint density at radius 1 is 1.30 bits per heavy atom. The van der Waals surface area contributed by atoms with Gasteiger partial charge in [0, 0.05) is 18.9 Å². The van der Waals surface area contributed by atoms with Crippen LogP contribution in [-0.4, -0.2) is 28.7 Å². The minimum Gasteiger partial charge on any atom is -0.495 e. The first-order valence-electron chi connectivity index (χ1n) is 7.16. The number of aromatic nitrogens is 1. The average molecular weight is 316 g/mol. The molecule has 0 aliphatic rings. The van der Waals surface area contributed by atoms with Crippen LogP contribution in [0.2, 0.25) is 0 Å². The molecule has 0 saturated carbocycles. The molecule has 2 N–H and O–H groups in total. The van der Waals surface area contributed by atoms with Crippen LogP contribution in [0, 0.1) is 13.8 Å². The van der Waals surface area contributed by atoms with Gasteiger partial charge in [-0.2, -0.15) is 0 Å². The van der Waals surface area contributed by atoms with Crippen molar-refractivity contribution in [3.63, 3.8) is 0 Å². The van der Waals surface area contributed by atoms with Crippen LogP contribution in [0.3, 0.4) is 0 Å². The van der Waals surface area contributed by atoms with E-state index in [4.69, 9.17) is 4.74 Å². The van der Waals surface area contributed by atoms with Gasteiger partial charge in [-0.3, -0.25) is 4.79 Å². The molecule has 0 atom stereocenters. The molecule has 1 aromatic heterocycles. The molecule has 1 heterocycles. The third kappa shape index (κ3) is 3.53. The van der Waals surface area contributed by atoms with E-state index in [1.807, 2.05) is 19.1 Å². The third-order valence-electron chi connectivity index (χ3n) is 3.67. The summed E-state index contributed by atoms with van der Waals surface area (Å²) in [4.78, 5) is 23.7. The summed E-state index contributed by atoms with van der Waals surface area (Å²) >= 11 is 0. The Hall–Kier alpha value is -2.76. The molecule has 0 unspecified atom stereocenters. The Kier molecular flexibility index (Phi) is 4.74. The highest BCUT2D eigenvalue weighted by molar-refractivity contribution is 5.97. The van der Waals surface area contributed by atoms with E-state index in [0.717, 1.165) is 5.56 Å². The molecular formula is C17H20N2O4. The number of aryl methyl sites for hydroxylation is 3. The highest BCUT2D eigenvalue weighted by Crippen LogP contribution is 2.25. The number of rotatable bonds is 5. The Morgan fingerprint density at radius 3 is 2.61 bits per heavy atom. The molecule has 2 aromatic rings. The standard InChI is InChI=1S/C17H20N2O4/c1-10-5-6-14(23-4)12(7-10)18-15(20)8-13-16(17(21)22)11(2)9-19(13)3/h5-7,9H,8H2,1-4H3,(H,18,20)(H,21,22). The van der Waals surface area contributed by atoms with E-state index in [-0.39, 0.29) is 17.9 Å². The topological polar surface area (TPSA) is 80.6 Å². The maximum atomic E-state index is 12.3. The zero-order valence-corrected chi connectivity index (χ0v) is 13.6. The lowest BCUT2D eigenvalue weighted by atomic mass is 10.1. The number of methoxy groups -OCH3 is 1. The Balaban J connectivity index is 2.24. The van der Waals surface area contributed by atoms with Crippen molar-refractivity contribution in [2.24, 2.45) is 7.05 Å². The van der Waals surface area contributed by atoms with Crippen molar-refractivity contribution in [3.05, 3.63) is 46.8 Å². The van der Waals surface area contributed by atoms with Gasteiger partial charge in [0.1, 0.15) is 5.75 Å².